The zero-order chi connectivity index (χ0) is 50.1. The molecule has 0 aliphatic carbocycles. The number of hydrogen-bond acceptors (Lipinski definition) is 13. The number of nitrogens with zero attached hydrogens (tertiary/aromatic N) is 4. The fourth-order valence-corrected chi connectivity index (χ4v) is 10.4. The van der Waals surface area contributed by atoms with Gasteiger partial charge in [0.15, 0.2) is 0 Å². The van der Waals surface area contributed by atoms with Gasteiger partial charge in [0.2, 0.25) is 47.3 Å². The molecule has 7 rings (SSSR count). The number of aromatic nitrogens is 3. The number of fused-ring (bicyclic) bond motifs is 2. The summed E-state index contributed by atoms with van der Waals surface area (Å²) in [5.74, 6) is -6.76. The number of amides is 8. The molecule has 11 N–H and O–H groups in total. The van der Waals surface area contributed by atoms with Crippen molar-refractivity contribution in [3.63, 3.8) is 0 Å². The summed E-state index contributed by atoms with van der Waals surface area (Å²) in [6, 6.07) is 10.9. The summed E-state index contributed by atoms with van der Waals surface area (Å²) < 4.78 is 2.54. The summed E-state index contributed by atoms with van der Waals surface area (Å²) in [6.07, 6.45) is 1.79. The first-order valence-electron chi connectivity index (χ1n) is 23.2. The molecule has 0 saturated carbocycles. The molecule has 8 amide bonds. The van der Waals surface area contributed by atoms with E-state index in [1.165, 1.54) is 16.2 Å². The molecule has 70 heavy (non-hydrogen) atoms. The summed E-state index contributed by atoms with van der Waals surface area (Å²) in [6.45, 7) is 3.58. The molecular formula is C48H58N12O8S2. The van der Waals surface area contributed by atoms with Crippen LogP contribution in [-0.4, -0.2) is 116 Å². The van der Waals surface area contributed by atoms with Crippen LogP contribution in [0.3, 0.4) is 0 Å². The van der Waals surface area contributed by atoms with Crippen molar-refractivity contribution < 1.29 is 38.4 Å². The maximum Gasteiger partial charge on any atom is 0.246 e. The molecule has 20 nitrogen and oxygen atoms in total. The zero-order valence-electron chi connectivity index (χ0n) is 38.8. The van der Waals surface area contributed by atoms with Gasteiger partial charge in [-0.2, -0.15) is 0 Å². The predicted molar refractivity (Wildman–Crippen MR) is 263 cm³/mol. The third-order valence-electron chi connectivity index (χ3n) is 12.8. The lowest BCUT2D eigenvalue weighted by Gasteiger charge is -2.33. The molecule has 0 bridgehead atoms. The second-order valence-electron chi connectivity index (χ2n) is 17.8. The van der Waals surface area contributed by atoms with Crippen molar-refractivity contribution in [1.82, 2.24) is 46.5 Å². The maximum atomic E-state index is 15.1. The van der Waals surface area contributed by atoms with E-state index in [1.807, 2.05) is 71.4 Å². The first-order valence-corrected chi connectivity index (χ1v) is 25.0. The van der Waals surface area contributed by atoms with E-state index in [4.69, 9.17) is 17.2 Å². The minimum absolute atomic E-state index is 0.0154. The second kappa shape index (κ2) is 23.0. The van der Waals surface area contributed by atoms with E-state index < -0.39 is 108 Å². The van der Waals surface area contributed by atoms with E-state index in [0.29, 0.717) is 25.0 Å². The molecule has 1 unspecified atom stereocenters. The molecule has 5 aromatic rings. The Morgan fingerprint density at radius 2 is 1.57 bits per heavy atom. The average Bonchev–Trinajstić information content (AvgIpc) is 4.19. The van der Waals surface area contributed by atoms with E-state index in [9.17, 15) is 33.6 Å². The molecule has 0 radical (unpaired) electrons. The fourth-order valence-electron chi connectivity index (χ4n) is 8.65. The van der Waals surface area contributed by atoms with Crippen molar-refractivity contribution >= 4 is 80.0 Å². The van der Waals surface area contributed by atoms with Gasteiger partial charge in [-0.15, -0.1) is 27.8 Å². The number of hydrogen-bond donors (Lipinski definition) is 8. The highest BCUT2D eigenvalue weighted by Crippen LogP contribution is 2.32. The SMILES string of the molecule is CCC(C)[C@@H]1NC(=O)[C@H](CC(N)=O)NC(=O)[C@@H](N)CC(=O)NCCCC[C@@H](C(N)=O)NC(=O)[C@H](Cc2csc3ccccc23)NC(=O)[C@@H]2C[C@H](n3cc(-c4ccc(-c5cccs5)cc4)nn3)CN2C1=O. The molecule has 370 valence electrons. The molecule has 0 spiro atoms. The third-order valence-corrected chi connectivity index (χ3v) is 14.7. The van der Waals surface area contributed by atoms with Crippen LogP contribution in [0.2, 0.25) is 0 Å². The van der Waals surface area contributed by atoms with Crippen molar-refractivity contribution in [3.05, 3.63) is 83.2 Å². The normalized spacial score (nSPS) is 24.2. The molecular weight excluding hydrogens is 937 g/mol. The van der Waals surface area contributed by atoms with Crippen LogP contribution in [0.15, 0.2) is 77.6 Å². The highest BCUT2D eigenvalue weighted by Gasteiger charge is 2.45. The highest BCUT2D eigenvalue weighted by molar-refractivity contribution is 7.17. The molecule has 2 aliphatic heterocycles. The van der Waals surface area contributed by atoms with Crippen LogP contribution >= 0.6 is 22.7 Å². The monoisotopic (exact) mass is 994 g/mol. The predicted octanol–water partition coefficient (Wildman–Crippen LogP) is 1.64. The van der Waals surface area contributed by atoms with Gasteiger partial charge in [-0.25, -0.2) is 4.68 Å². The van der Waals surface area contributed by atoms with Gasteiger partial charge < -0.3 is 48.7 Å². The van der Waals surface area contributed by atoms with Crippen LogP contribution in [0.4, 0.5) is 0 Å². The van der Waals surface area contributed by atoms with Gasteiger partial charge >= 0.3 is 0 Å². The minimum Gasteiger partial charge on any atom is -0.370 e. The maximum absolute atomic E-state index is 15.1. The van der Waals surface area contributed by atoms with Gasteiger partial charge in [0, 0.05) is 41.1 Å². The van der Waals surface area contributed by atoms with Crippen LogP contribution in [0.5, 0.6) is 0 Å². The summed E-state index contributed by atoms with van der Waals surface area (Å²) in [4.78, 5) is 112. The first-order chi connectivity index (χ1) is 33.6. The summed E-state index contributed by atoms with van der Waals surface area (Å²) in [5, 5.41) is 27.1. The van der Waals surface area contributed by atoms with Crippen molar-refractivity contribution in [2.24, 2.45) is 23.1 Å². The molecule has 2 aromatic carbocycles. The van der Waals surface area contributed by atoms with E-state index >= 15 is 4.79 Å². The van der Waals surface area contributed by atoms with Gasteiger partial charge in [-0.1, -0.05) is 74.0 Å². The molecule has 22 heteroatoms. The molecule has 3 aromatic heterocycles. The topological polar surface area (TPSA) is 309 Å². The number of nitrogens with one attached hydrogen (secondary N) is 5. The number of nitrogens with two attached hydrogens (primary N) is 3. The van der Waals surface area contributed by atoms with Crippen LogP contribution in [0, 0.1) is 5.92 Å². The Kier molecular flexibility index (Phi) is 16.7. The summed E-state index contributed by atoms with van der Waals surface area (Å²) >= 11 is 3.09. The van der Waals surface area contributed by atoms with Crippen molar-refractivity contribution in [3.8, 4) is 21.7 Å². The lowest BCUT2D eigenvalue weighted by molar-refractivity contribution is -0.143. The Labute approximate surface area is 411 Å². The van der Waals surface area contributed by atoms with Gasteiger partial charge in [0.05, 0.1) is 31.1 Å². The smallest absolute Gasteiger partial charge is 0.246 e. The van der Waals surface area contributed by atoms with Crippen LogP contribution in [0.1, 0.15) is 70.4 Å². The lowest BCUT2D eigenvalue weighted by Crippen LogP contribution is -2.60. The van der Waals surface area contributed by atoms with E-state index in [1.54, 1.807) is 36.1 Å². The van der Waals surface area contributed by atoms with Crippen molar-refractivity contribution in [2.75, 3.05) is 13.1 Å². The highest BCUT2D eigenvalue weighted by atomic mass is 32.1. The average molecular weight is 995 g/mol. The van der Waals surface area contributed by atoms with Gasteiger partial charge in [-0.05, 0) is 64.6 Å². The standard InChI is InChI=1S/C48H58N12O8S2/c1-3-26(2)42-48(68)59-23-30(60-24-36(57-58-60)27-13-15-28(16-14-27)38-12-8-18-69-38)20-37(59)47(67)55-34(19-29-25-70-39-11-5-4-9-31(29)39)45(65)53-33(43(51)63)10-6-7-17-52-41(62)21-32(49)44(64)54-35(22-40(50)61)46(66)56-42/h4-5,8-9,11-16,18,24-26,30,32-35,37,42H,3,6-7,10,17,19-23,49H2,1-2H3,(H2,50,61)(H2,51,63)(H,52,62)(H,53,65)(H,54,64)(H,55,67)(H,56,66)/t26?,30-,32-,33-,34-,35-,37-,42-/m0/s1. The molecule has 2 fully saturated rings. The molecule has 2 saturated heterocycles. The van der Waals surface area contributed by atoms with E-state index in [-0.39, 0.29) is 32.4 Å². The third kappa shape index (κ3) is 12.4. The first kappa shape index (κ1) is 50.8. The second-order valence-corrected chi connectivity index (χ2v) is 19.6. The largest absolute Gasteiger partial charge is 0.370 e. The lowest BCUT2D eigenvalue weighted by atomic mass is 9.96. The van der Waals surface area contributed by atoms with Crippen LogP contribution < -0.4 is 43.8 Å². The Morgan fingerprint density at radius 3 is 2.29 bits per heavy atom. The number of carbonyl (C=O) groups excluding carboxylic acids is 8. The van der Waals surface area contributed by atoms with Crippen molar-refractivity contribution in [2.45, 2.75) is 108 Å². The molecule has 5 heterocycles. The Bertz CT molecular complexity index is 2710. The fraction of sp³-hybridized carbons (Fsp3) is 0.417. The van der Waals surface area contributed by atoms with Crippen molar-refractivity contribution in [1.29, 1.82) is 0 Å². The van der Waals surface area contributed by atoms with Crippen LogP contribution in [-0.2, 0) is 44.8 Å². The van der Waals surface area contributed by atoms with Gasteiger partial charge in [0.1, 0.15) is 35.9 Å². The van der Waals surface area contributed by atoms with E-state index in [2.05, 4.69) is 36.9 Å². The quantitative estimate of drug-likeness (QED) is 0.0995. The molecule has 8 atom stereocenters. The Hall–Kier alpha value is -7.04. The Morgan fingerprint density at radius 1 is 0.843 bits per heavy atom. The van der Waals surface area contributed by atoms with Gasteiger partial charge in [0.25, 0.3) is 0 Å². The minimum atomic E-state index is -1.58. The van der Waals surface area contributed by atoms with E-state index in [0.717, 1.165) is 31.7 Å². The van der Waals surface area contributed by atoms with Crippen LogP contribution in [0.25, 0.3) is 31.8 Å². The summed E-state index contributed by atoms with van der Waals surface area (Å²) in [7, 11) is 0. The summed E-state index contributed by atoms with van der Waals surface area (Å²) in [5.41, 5.74) is 20.5. The number of rotatable bonds is 10. The van der Waals surface area contributed by atoms with Gasteiger partial charge in [-0.3, -0.25) is 38.4 Å². The number of carbonyl (C=O) groups is 8. The zero-order valence-corrected chi connectivity index (χ0v) is 40.4. The Balaban J connectivity index is 1.24. The molecule has 2 aliphatic rings. The number of thiophene rings is 2. The number of benzene rings is 2. The number of primary amides is 2.